The number of carboxylic acids is 1. The Labute approximate surface area is 117 Å². The molecule has 0 bridgehead atoms. The maximum Gasteiger partial charge on any atom is 0.336 e. The maximum absolute atomic E-state index is 12.0. The lowest BCUT2D eigenvalue weighted by molar-refractivity contribution is -0.118. The second kappa shape index (κ2) is 5.86. The first kappa shape index (κ1) is 14.2. The Morgan fingerprint density at radius 1 is 1.40 bits per heavy atom. The van der Waals surface area contributed by atoms with Gasteiger partial charge >= 0.3 is 5.97 Å². The minimum absolute atomic E-state index is 0.0875. The van der Waals surface area contributed by atoms with Gasteiger partial charge in [-0.15, -0.1) is 0 Å². The molecular formula is C15H18N2O3. The molecule has 1 N–H and O–H groups in total. The van der Waals surface area contributed by atoms with E-state index < -0.39 is 5.97 Å². The second-order valence-corrected chi connectivity index (χ2v) is 4.88. The summed E-state index contributed by atoms with van der Waals surface area (Å²) in [5.74, 6) is -1.08. The summed E-state index contributed by atoms with van der Waals surface area (Å²) in [6.07, 6.45) is 2.97. The Balaban J connectivity index is 2.44. The van der Waals surface area contributed by atoms with E-state index in [-0.39, 0.29) is 11.5 Å². The summed E-state index contributed by atoms with van der Waals surface area (Å²) >= 11 is 0. The Hall–Kier alpha value is -2.17. The van der Waals surface area contributed by atoms with Crippen molar-refractivity contribution in [3.63, 3.8) is 0 Å². The van der Waals surface area contributed by atoms with Gasteiger partial charge in [-0.2, -0.15) is 5.10 Å². The van der Waals surface area contributed by atoms with Gasteiger partial charge in [0.25, 0.3) is 0 Å². The average molecular weight is 274 g/mol. The number of rotatable bonds is 4. The van der Waals surface area contributed by atoms with Crippen LogP contribution in [-0.4, -0.2) is 22.7 Å². The third-order valence-corrected chi connectivity index (χ3v) is 3.41. The van der Waals surface area contributed by atoms with Crippen molar-refractivity contribution in [1.82, 2.24) is 0 Å². The lowest BCUT2D eigenvalue weighted by atomic mass is 10.0. The minimum Gasteiger partial charge on any atom is -0.478 e. The van der Waals surface area contributed by atoms with Crippen LogP contribution in [0.1, 0.15) is 48.5 Å². The number of carbonyl (C=O) groups excluding carboxylic acids is 1. The van der Waals surface area contributed by atoms with Gasteiger partial charge in [0, 0.05) is 12.1 Å². The van der Waals surface area contributed by atoms with Crippen LogP contribution in [0, 0.1) is 6.92 Å². The summed E-state index contributed by atoms with van der Waals surface area (Å²) in [7, 11) is 0. The molecule has 0 saturated heterocycles. The number of hydrogen-bond acceptors (Lipinski definition) is 3. The lowest BCUT2D eigenvalue weighted by Gasteiger charge is -2.25. The number of hydrogen-bond donors (Lipinski definition) is 1. The Bertz CT molecular complexity index is 578. The fourth-order valence-electron chi connectivity index (χ4n) is 2.34. The highest BCUT2D eigenvalue weighted by atomic mass is 16.4. The highest BCUT2D eigenvalue weighted by Gasteiger charge is 2.24. The zero-order valence-corrected chi connectivity index (χ0v) is 11.7. The molecule has 1 amide bonds. The molecule has 0 spiro atoms. The molecule has 0 aromatic heterocycles. The summed E-state index contributed by atoms with van der Waals surface area (Å²) in [5, 5.41) is 14.9. The van der Waals surface area contributed by atoms with E-state index in [0.29, 0.717) is 24.1 Å². The van der Waals surface area contributed by atoms with E-state index in [0.717, 1.165) is 18.6 Å². The molecule has 1 aromatic carbocycles. The molecule has 5 heteroatoms. The van der Waals surface area contributed by atoms with Crippen LogP contribution in [0.3, 0.4) is 0 Å². The van der Waals surface area contributed by atoms with Crippen LogP contribution >= 0.6 is 0 Å². The number of carbonyl (C=O) groups is 2. The molecule has 1 aromatic rings. The topological polar surface area (TPSA) is 70.0 Å². The molecule has 2 rings (SSSR count). The molecule has 5 nitrogen and oxygen atoms in total. The summed E-state index contributed by atoms with van der Waals surface area (Å²) in [4.78, 5) is 23.2. The van der Waals surface area contributed by atoms with Gasteiger partial charge in [0.05, 0.1) is 11.3 Å². The van der Waals surface area contributed by atoms with Crippen molar-refractivity contribution in [2.75, 3.05) is 5.01 Å². The average Bonchev–Trinajstić information content (AvgIpc) is 2.41. The van der Waals surface area contributed by atoms with E-state index in [1.165, 1.54) is 11.1 Å². The fourth-order valence-corrected chi connectivity index (χ4v) is 2.34. The number of carboxylic acid groups (broad SMARTS) is 1. The quantitative estimate of drug-likeness (QED) is 0.917. The van der Waals surface area contributed by atoms with Crippen molar-refractivity contribution >= 4 is 23.3 Å². The second-order valence-electron chi connectivity index (χ2n) is 4.88. The summed E-state index contributed by atoms with van der Waals surface area (Å²) in [6.45, 7) is 3.77. The number of benzene rings is 1. The van der Waals surface area contributed by atoms with E-state index in [1.807, 2.05) is 0 Å². The van der Waals surface area contributed by atoms with Crippen LogP contribution in [0.2, 0.25) is 0 Å². The molecule has 0 unspecified atom stereocenters. The lowest BCUT2D eigenvalue weighted by Crippen LogP contribution is -2.32. The van der Waals surface area contributed by atoms with Crippen LogP contribution in [0.25, 0.3) is 0 Å². The zero-order valence-electron chi connectivity index (χ0n) is 11.7. The van der Waals surface area contributed by atoms with Crippen molar-refractivity contribution in [2.45, 2.75) is 39.5 Å². The largest absolute Gasteiger partial charge is 0.478 e. The smallest absolute Gasteiger partial charge is 0.336 e. The Morgan fingerprint density at radius 3 is 2.80 bits per heavy atom. The van der Waals surface area contributed by atoms with E-state index in [2.05, 4.69) is 12.0 Å². The van der Waals surface area contributed by atoms with Gasteiger partial charge in [0.1, 0.15) is 0 Å². The van der Waals surface area contributed by atoms with Gasteiger partial charge < -0.3 is 5.11 Å². The molecular weight excluding hydrogens is 256 g/mol. The highest BCUT2D eigenvalue weighted by Crippen LogP contribution is 2.27. The Kier molecular flexibility index (Phi) is 4.17. The first-order valence-corrected chi connectivity index (χ1v) is 6.76. The molecule has 1 aliphatic rings. The van der Waals surface area contributed by atoms with Crippen LogP contribution in [0.15, 0.2) is 23.3 Å². The van der Waals surface area contributed by atoms with Gasteiger partial charge in [-0.3, -0.25) is 4.79 Å². The van der Waals surface area contributed by atoms with Crippen molar-refractivity contribution < 1.29 is 14.7 Å². The van der Waals surface area contributed by atoms with E-state index in [4.69, 9.17) is 5.11 Å². The molecule has 0 saturated carbocycles. The normalized spacial score (nSPS) is 15.2. The van der Waals surface area contributed by atoms with Crippen LogP contribution in [-0.2, 0) is 4.79 Å². The molecule has 0 radical (unpaired) electrons. The summed E-state index contributed by atoms with van der Waals surface area (Å²) < 4.78 is 0. The van der Waals surface area contributed by atoms with Crippen LogP contribution < -0.4 is 5.01 Å². The first-order valence-electron chi connectivity index (χ1n) is 6.76. The number of anilines is 1. The minimum atomic E-state index is -0.994. The van der Waals surface area contributed by atoms with Gasteiger partial charge in [-0.1, -0.05) is 19.4 Å². The molecule has 106 valence electrons. The molecule has 1 aliphatic heterocycles. The third-order valence-electron chi connectivity index (χ3n) is 3.41. The number of amides is 1. The number of hydrazone groups is 1. The highest BCUT2D eigenvalue weighted by molar-refractivity contribution is 6.03. The summed E-state index contributed by atoms with van der Waals surface area (Å²) in [5.41, 5.74) is 2.32. The van der Waals surface area contributed by atoms with Crippen molar-refractivity contribution in [2.24, 2.45) is 5.10 Å². The standard InChI is InChI=1S/C15H18N2O3/c1-3-5-11-8-9-14(18)17(16-11)13-7-4-6-12(10(13)2)15(19)20/h4,6-7H,3,5,8-9H2,1-2H3,(H,19,20). The van der Waals surface area contributed by atoms with E-state index >= 15 is 0 Å². The van der Waals surface area contributed by atoms with Gasteiger partial charge in [0.15, 0.2) is 0 Å². The third kappa shape index (κ3) is 2.71. The van der Waals surface area contributed by atoms with Gasteiger partial charge in [-0.25, -0.2) is 9.80 Å². The van der Waals surface area contributed by atoms with Crippen molar-refractivity contribution in [1.29, 1.82) is 0 Å². The molecule has 20 heavy (non-hydrogen) atoms. The predicted octanol–water partition coefficient (Wildman–Crippen LogP) is 2.98. The maximum atomic E-state index is 12.0. The Morgan fingerprint density at radius 2 is 2.15 bits per heavy atom. The van der Waals surface area contributed by atoms with E-state index in [9.17, 15) is 9.59 Å². The van der Waals surface area contributed by atoms with Gasteiger partial charge in [0.2, 0.25) is 5.91 Å². The molecule has 0 atom stereocenters. The van der Waals surface area contributed by atoms with Gasteiger partial charge in [-0.05, 0) is 37.5 Å². The van der Waals surface area contributed by atoms with Crippen molar-refractivity contribution in [3.8, 4) is 0 Å². The first-order chi connectivity index (χ1) is 9.54. The molecule has 0 aliphatic carbocycles. The van der Waals surface area contributed by atoms with Crippen molar-refractivity contribution in [3.05, 3.63) is 29.3 Å². The number of nitrogens with zero attached hydrogens (tertiary/aromatic N) is 2. The predicted molar refractivity (Wildman–Crippen MR) is 77.2 cm³/mol. The molecule has 1 heterocycles. The van der Waals surface area contributed by atoms with E-state index in [1.54, 1.807) is 19.1 Å². The van der Waals surface area contributed by atoms with Crippen LogP contribution in [0.4, 0.5) is 5.69 Å². The summed E-state index contributed by atoms with van der Waals surface area (Å²) in [6, 6.07) is 4.91. The zero-order chi connectivity index (χ0) is 14.7. The van der Waals surface area contributed by atoms with Crippen LogP contribution in [0.5, 0.6) is 0 Å². The monoisotopic (exact) mass is 274 g/mol. The number of aromatic carboxylic acids is 1. The SMILES string of the molecule is CCCC1=NN(c2cccc(C(=O)O)c2C)C(=O)CC1. The fraction of sp³-hybridized carbons (Fsp3) is 0.400. The molecule has 0 fully saturated rings.